The number of anilines is 1. The van der Waals surface area contributed by atoms with Crippen molar-refractivity contribution in [3.8, 4) is 17.3 Å². The Hall–Kier alpha value is -2.92. The smallest absolute Gasteiger partial charge is 0.263 e. The molecule has 0 bridgehead atoms. The van der Waals surface area contributed by atoms with Crippen molar-refractivity contribution < 1.29 is 8.42 Å². The number of nitriles is 1. The van der Waals surface area contributed by atoms with Crippen LogP contribution in [0.5, 0.6) is 0 Å². The molecule has 1 heterocycles. The van der Waals surface area contributed by atoms with Crippen LogP contribution >= 0.6 is 12.4 Å². The molecule has 0 amide bonds. The van der Waals surface area contributed by atoms with Crippen LogP contribution in [0, 0.1) is 11.3 Å². The molecule has 1 aliphatic carbocycles. The second-order valence-corrected chi connectivity index (χ2v) is 8.43. The van der Waals surface area contributed by atoms with Gasteiger partial charge in [-0.1, -0.05) is 30.3 Å². The lowest BCUT2D eigenvalue weighted by Gasteiger charge is -2.11. The maximum absolute atomic E-state index is 12.7. The maximum atomic E-state index is 12.7. The molecular weight excluding hydrogens is 408 g/mol. The van der Waals surface area contributed by atoms with E-state index in [1.165, 1.54) is 12.1 Å². The number of nitrogens with two attached hydrogens (primary N) is 1. The van der Waals surface area contributed by atoms with Gasteiger partial charge in [-0.25, -0.2) is 8.42 Å². The van der Waals surface area contributed by atoms with E-state index in [1.807, 2.05) is 30.5 Å². The summed E-state index contributed by atoms with van der Waals surface area (Å²) in [6, 6.07) is 19.2. The summed E-state index contributed by atoms with van der Waals surface area (Å²) >= 11 is 0. The van der Waals surface area contributed by atoms with Crippen LogP contribution in [-0.4, -0.2) is 19.4 Å². The molecule has 3 N–H and O–H groups in total. The van der Waals surface area contributed by atoms with E-state index < -0.39 is 10.0 Å². The molecule has 2 unspecified atom stereocenters. The molecule has 0 aliphatic heterocycles. The maximum Gasteiger partial charge on any atom is 0.263 e. The summed E-state index contributed by atoms with van der Waals surface area (Å²) in [4.78, 5) is 4.44. The van der Waals surface area contributed by atoms with Crippen molar-refractivity contribution in [2.45, 2.75) is 23.3 Å². The van der Waals surface area contributed by atoms with Crippen molar-refractivity contribution in [3.63, 3.8) is 0 Å². The topological polar surface area (TPSA) is 109 Å². The molecule has 1 fully saturated rings. The van der Waals surface area contributed by atoms with Crippen LogP contribution in [0.2, 0.25) is 0 Å². The predicted octanol–water partition coefficient (Wildman–Crippen LogP) is 3.66. The molecule has 2 atom stereocenters. The Morgan fingerprint density at radius 2 is 1.86 bits per heavy atom. The summed E-state index contributed by atoms with van der Waals surface area (Å²) in [7, 11) is -3.88. The van der Waals surface area contributed by atoms with Crippen LogP contribution in [0.3, 0.4) is 0 Å². The highest BCUT2D eigenvalue weighted by molar-refractivity contribution is 7.92. The number of halogens is 1. The van der Waals surface area contributed by atoms with Gasteiger partial charge >= 0.3 is 0 Å². The third-order valence-electron chi connectivity index (χ3n) is 4.76. The Bertz CT molecular complexity index is 1170. The van der Waals surface area contributed by atoms with Gasteiger partial charge in [-0.05, 0) is 42.3 Å². The Labute approximate surface area is 175 Å². The number of benzene rings is 2. The minimum absolute atomic E-state index is 0. The molecule has 1 aromatic heterocycles. The molecule has 8 heteroatoms. The molecule has 3 aromatic rings. The fourth-order valence-corrected chi connectivity index (χ4v) is 4.35. The SMILES string of the molecule is Cl.N#Cc1ccccc1S(=O)(=O)Nc1cccc(-c2ccc(C3CC3N)cn2)c1. The molecule has 1 saturated carbocycles. The Morgan fingerprint density at radius 1 is 1.10 bits per heavy atom. The molecule has 0 spiro atoms. The fourth-order valence-electron chi connectivity index (χ4n) is 3.14. The zero-order valence-electron chi connectivity index (χ0n) is 15.3. The van der Waals surface area contributed by atoms with Gasteiger partial charge in [0.2, 0.25) is 0 Å². The molecule has 1 aliphatic rings. The first-order chi connectivity index (χ1) is 13.5. The number of nitrogens with zero attached hydrogens (tertiary/aromatic N) is 2. The Balaban J connectivity index is 0.00000240. The van der Waals surface area contributed by atoms with Crippen molar-refractivity contribution in [1.29, 1.82) is 5.26 Å². The highest BCUT2D eigenvalue weighted by Gasteiger charge is 2.34. The third kappa shape index (κ3) is 4.40. The lowest BCUT2D eigenvalue weighted by atomic mass is 10.1. The van der Waals surface area contributed by atoms with E-state index in [1.54, 1.807) is 30.3 Å². The number of aromatic nitrogens is 1. The standard InChI is InChI=1S/C21H18N4O2S.ClH/c22-12-15-4-1-2-7-21(15)28(26,27)25-17-6-3-5-14(10-17)20-9-8-16(13-24-20)18-11-19(18)23;/h1-10,13,18-19,25H,11,23H2;1H. The fraction of sp³-hybridized carbons (Fsp3) is 0.143. The molecular formula is C21H19ClN4O2S. The number of sulfonamides is 1. The van der Waals surface area contributed by atoms with Crippen molar-refractivity contribution in [2.75, 3.05) is 4.72 Å². The summed E-state index contributed by atoms with van der Waals surface area (Å²) in [6.07, 6.45) is 2.81. The van der Waals surface area contributed by atoms with Gasteiger partial charge in [0.25, 0.3) is 10.0 Å². The second kappa shape index (κ2) is 8.21. The number of hydrogen-bond donors (Lipinski definition) is 2. The summed E-state index contributed by atoms with van der Waals surface area (Å²) in [6.45, 7) is 0. The molecule has 29 heavy (non-hydrogen) atoms. The van der Waals surface area contributed by atoms with Gasteiger partial charge in [0.05, 0.1) is 11.3 Å². The van der Waals surface area contributed by atoms with Crippen molar-refractivity contribution in [2.24, 2.45) is 5.73 Å². The van der Waals surface area contributed by atoms with Crippen LogP contribution in [-0.2, 0) is 10.0 Å². The average Bonchev–Trinajstić information content (AvgIpc) is 3.44. The Morgan fingerprint density at radius 3 is 2.52 bits per heavy atom. The third-order valence-corrected chi connectivity index (χ3v) is 6.20. The van der Waals surface area contributed by atoms with Crippen molar-refractivity contribution in [3.05, 3.63) is 78.0 Å². The van der Waals surface area contributed by atoms with E-state index in [0.717, 1.165) is 23.2 Å². The lowest BCUT2D eigenvalue weighted by Crippen LogP contribution is -2.14. The van der Waals surface area contributed by atoms with Crippen LogP contribution in [0.4, 0.5) is 5.69 Å². The van der Waals surface area contributed by atoms with E-state index in [4.69, 9.17) is 11.0 Å². The van der Waals surface area contributed by atoms with Crippen molar-refractivity contribution >= 4 is 28.1 Å². The molecule has 4 rings (SSSR count). The van der Waals surface area contributed by atoms with Gasteiger partial charge in [0, 0.05) is 29.4 Å². The predicted molar refractivity (Wildman–Crippen MR) is 114 cm³/mol. The summed E-state index contributed by atoms with van der Waals surface area (Å²) in [5.41, 5.74) is 9.05. The quantitative estimate of drug-likeness (QED) is 0.647. The first-order valence-electron chi connectivity index (χ1n) is 8.82. The van der Waals surface area contributed by atoms with Crippen LogP contribution in [0.25, 0.3) is 11.3 Å². The molecule has 6 nitrogen and oxygen atoms in total. The zero-order chi connectivity index (χ0) is 19.7. The summed E-state index contributed by atoms with van der Waals surface area (Å²) in [5.74, 6) is 0.389. The van der Waals surface area contributed by atoms with Gasteiger partial charge in [-0.15, -0.1) is 12.4 Å². The normalized spacial score (nSPS) is 17.7. The molecule has 0 radical (unpaired) electrons. The highest BCUT2D eigenvalue weighted by Crippen LogP contribution is 2.39. The Kier molecular flexibility index (Phi) is 5.89. The number of hydrogen-bond acceptors (Lipinski definition) is 5. The van der Waals surface area contributed by atoms with E-state index in [9.17, 15) is 8.42 Å². The monoisotopic (exact) mass is 426 g/mol. The number of nitrogens with one attached hydrogen (secondary N) is 1. The largest absolute Gasteiger partial charge is 0.327 e. The summed E-state index contributed by atoms with van der Waals surface area (Å²) < 4.78 is 27.9. The van der Waals surface area contributed by atoms with Crippen LogP contribution in [0.1, 0.15) is 23.5 Å². The lowest BCUT2D eigenvalue weighted by molar-refractivity contribution is 0.601. The van der Waals surface area contributed by atoms with Gasteiger partial charge in [0.1, 0.15) is 11.0 Å². The first-order valence-corrected chi connectivity index (χ1v) is 10.3. The van der Waals surface area contributed by atoms with E-state index in [2.05, 4.69) is 9.71 Å². The first kappa shape index (κ1) is 20.8. The van der Waals surface area contributed by atoms with E-state index >= 15 is 0 Å². The molecule has 2 aromatic carbocycles. The van der Waals surface area contributed by atoms with Crippen molar-refractivity contribution in [1.82, 2.24) is 4.98 Å². The minimum atomic E-state index is -3.88. The zero-order valence-corrected chi connectivity index (χ0v) is 17.0. The highest BCUT2D eigenvalue weighted by atomic mass is 35.5. The van der Waals surface area contributed by atoms with Gasteiger partial charge in [0.15, 0.2) is 0 Å². The number of pyridine rings is 1. The van der Waals surface area contributed by atoms with Gasteiger partial charge in [-0.3, -0.25) is 9.71 Å². The van der Waals surface area contributed by atoms with Gasteiger partial charge in [-0.2, -0.15) is 5.26 Å². The minimum Gasteiger partial charge on any atom is -0.327 e. The van der Waals surface area contributed by atoms with E-state index in [0.29, 0.717) is 11.6 Å². The second-order valence-electron chi connectivity index (χ2n) is 6.78. The van der Waals surface area contributed by atoms with Crippen LogP contribution in [0.15, 0.2) is 71.8 Å². The van der Waals surface area contributed by atoms with Gasteiger partial charge < -0.3 is 5.73 Å². The number of rotatable bonds is 5. The van der Waals surface area contributed by atoms with Crippen LogP contribution < -0.4 is 10.5 Å². The molecule has 0 saturated heterocycles. The summed E-state index contributed by atoms with van der Waals surface area (Å²) in [5, 5.41) is 9.16. The molecule has 148 valence electrons. The van der Waals surface area contributed by atoms with E-state index in [-0.39, 0.29) is 28.9 Å². The average molecular weight is 427 g/mol.